The normalized spacial score (nSPS) is 11.5. The lowest BCUT2D eigenvalue weighted by molar-refractivity contribution is -0.118. The first-order chi connectivity index (χ1) is 15.0. The van der Waals surface area contributed by atoms with E-state index in [0.29, 0.717) is 23.4 Å². The molecule has 0 saturated carbocycles. The highest BCUT2D eigenvalue weighted by Crippen LogP contribution is 2.16. The summed E-state index contributed by atoms with van der Waals surface area (Å²) >= 11 is 0. The molecule has 2 aromatic rings. The van der Waals surface area contributed by atoms with Crippen molar-refractivity contribution in [3.63, 3.8) is 0 Å². The summed E-state index contributed by atoms with van der Waals surface area (Å²) in [6, 6.07) is 15.8. The van der Waals surface area contributed by atoms with Crippen molar-refractivity contribution in [1.29, 1.82) is 0 Å². The van der Waals surface area contributed by atoms with Crippen LogP contribution in [0.3, 0.4) is 0 Å². The molecule has 2 aromatic carbocycles. The van der Waals surface area contributed by atoms with Crippen molar-refractivity contribution in [2.75, 3.05) is 10.6 Å². The molecule has 31 heavy (non-hydrogen) atoms. The van der Waals surface area contributed by atoms with Gasteiger partial charge in [-0.05, 0) is 49.7 Å². The molecule has 0 fully saturated rings. The van der Waals surface area contributed by atoms with Gasteiger partial charge in [0.15, 0.2) is 5.78 Å². The van der Waals surface area contributed by atoms with Crippen LogP contribution in [0.4, 0.5) is 11.4 Å². The maximum Gasteiger partial charge on any atom is 0.235 e. The number of hydrogen-bond donors (Lipinski definition) is 2. The van der Waals surface area contributed by atoms with Gasteiger partial charge in [-0.25, -0.2) is 0 Å². The predicted octanol–water partition coefficient (Wildman–Crippen LogP) is 6.22. The Hall–Kier alpha value is -2.95. The maximum atomic E-state index is 12.6. The van der Waals surface area contributed by atoms with E-state index in [1.165, 1.54) is 32.1 Å². The Balaban J connectivity index is 1.76. The van der Waals surface area contributed by atoms with E-state index in [1.54, 1.807) is 43.3 Å². The Morgan fingerprint density at radius 3 is 1.97 bits per heavy atom. The number of Topliss-reactive ketones (excluding diaryl/α,β-unsaturated/α-hetero) is 1. The predicted molar refractivity (Wildman–Crippen MR) is 126 cm³/mol. The van der Waals surface area contributed by atoms with Crippen molar-refractivity contribution in [3.8, 4) is 0 Å². The number of unbranched alkanes of at least 4 members (excludes halogenated alkanes) is 6. The van der Waals surface area contributed by atoms with E-state index in [1.807, 2.05) is 18.2 Å². The summed E-state index contributed by atoms with van der Waals surface area (Å²) in [5.74, 6) is -1.42. The molecule has 0 aliphatic rings. The standard InChI is InChI=1S/C26H34N2O3/c1-3-4-5-6-7-8-12-15-24(29)27-23-18-16-21(17-19-23)25(30)20(2)26(31)28-22-13-10-9-11-14-22/h9-11,13-14,16-20H,3-8,12,15H2,1-2H3,(H,27,29)(H,28,31)/t20-/m1/s1. The molecule has 0 heterocycles. The van der Waals surface area contributed by atoms with Gasteiger partial charge < -0.3 is 10.6 Å². The smallest absolute Gasteiger partial charge is 0.235 e. The summed E-state index contributed by atoms with van der Waals surface area (Å²) < 4.78 is 0. The Bertz CT molecular complexity index is 831. The molecule has 5 heteroatoms. The van der Waals surface area contributed by atoms with Gasteiger partial charge in [0.05, 0.1) is 5.92 Å². The summed E-state index contributed by atoms with van der Waals surface area (Å²) in [7, 11) is 0. The lowest BCUT2D eigenvalue weighted by Crippen LogP contribution is -2.27. The average molecular weight is 423 g/mol. The van der Waals surface area contributed by atoms with Gasteiger partial charge in [-0.3, -0.25) is 14.4 Å². The third kappa shape index (κ3) is 8.75. The molecule has 0 radical (unpaired) electrons. The fraction of sp³-hybridized carbons (Fsp3) is 0.423. The van der Waals surface area contributed by atoms with E-state index >= 15 is 0 Å². The first kappa shape index (κ1) is 24.3. The highest BCUT2D eigenvalue weighted by atomic mass is 16.2. The molecule has 1 atom stereocenters. The quantitative estimate of drug-likeness (QED) is 0.228. The van der Waals surface area contributed by atoms with Crippen LogP contribution < -0.4 is 10.6 Å². The number of amides is 2. The molecule has 0 aliphatic carbocycles. The third-order valence-electron chi connectivity index (χ3n) is 5.29. The van der Waals surface area contributed by atoms with E-state index in [2.05, 4.69) is 17.6 Å². The minimum atomic E-state index is -0.807. The van der Waals surface area contributed by atoms with E-state index in [9.17, 15) is 14.4 Å². The molecule has 0 unspecified atom stereocenters. The minimum absolute atomic E-state index is 0.0109. The molecule has 2 N–H and O–H groups in total. The second-order valence-electron chi connectivity index (χ2n) is 7.94. The summed E-state index contributed by atoms with van der Waals surface area (Å²) in [4.78, 5) is 37.1. The molecule has 2 rings (SSSR count). The summed E-state index contributed by atoms with van der Waals surface area (Å²) in [5, 5.41) is 5.63. The molecule has 0 saturated heterocycles. The van der Waals surface area contributed by atoms with Crippen LogP contribution in [-0.2, 0) is 9.59 Å². The van der Waals surface area contributed by atoms with Crippen molar-refractivity contribution in [1.82, 2.24) is 0 Å². The van der Waals surface area contributed by atoms with E-state index in [0.717, 1.165) is 12.8 Å². The van der Waals surface area contributed by atoms with Crippen LogP contribution in [0.5, 0.6) is 0 Å². The molecule has 0 aliphatic heterocycles. The van der Waals surface area contributed by atoms with Crippen LogP contribution in [0.1, 0.15) is 75.6 Å². The Labute approximate surface area is 185 Å². The SMILES string of the molecule is CCCCCCCCCC(=O)Nc1ccc(C(=O)[C@@H](C)C(=O)Nc2ccccc2)cc1. The summed E-state index contributed by atoms with van der Waals surface area (Å²) in [6.45, 7) is 3.80. The Kier molecular flexibility index (Phi) is 10.5. The zero-order valence-corrected chi connectivity index (χ0v) is 18.7. The molecule has 0 aromatic heterocycles. The molecule has 0 spiro atoms. The van der Waals surface area contributed by atoms with Crippen molar-refractivity contribution in [3.05, 3.63) is 60.2 Å². The topological polar surface area (TPSA) is 75.3 Å². The van der Waals surface area contributed by atoms with Crippen molar-refractivity contribution >= 4 is 29.0 Å². The van der Waals surface area contributed by atoms with Gasteiger partial charge >= 0.3 is 0 Å². The van der Waals surface area contributed by atoms with Gasteiger partial charge in [-0.1, -0.05) is 63.6 Å². The number of ketones is 1. The van der Waals surface area contributed by atoms with Crippen molar-refractivity contribution in [2.24, 2.45) is 5.92 Å². The van der Waals surface area contributed by atoms with Gasteiger partial charge in [0.25, 0.3) is 0 Å². The molecular weight excluding hydrogens is 388 g/mol. The average Bonchev–Trinajstić information content (AvgIpc) is 2.78. The highest BCUT2D eigenvalue weighted by Gasteiger charge is 2.22. The fourth-order valence-corrected chi connectivity index (χ4v) is 3.33. The summed E-state index contributed by atoms with van der Waals surface area (Å²) in [5.41, 5.74) is 1.76. The number of carbonyl (C=O) groups excluding carboxylic acids is 3. The zero-order valence-electron chi connectivity index (χ0n) is 18.7. The number of carbonyl (C=O) groups is 3. The fourth-order valence-electron chi connectivity index (χ4n) is 3.33. The van der Waals surface area contributed by atoms with Crippen molar-refractivity contribution in [2.45, 2.75) is 65.2 Å². The summed E-state index contributed by atoms with van der Waals surface area (Å²) in [6.07, 6.45) is 8.70. The van der Waals surface area contributed by atoms with Gasteiger partial charge in [-0.15, -0.1) is 0 Å². The van der Waals surface area contributed by atoms with Gasteiger partial charge in [-0.2, -0.15) is 0 Å². The largest absolute Gasteiger partial charge is 0.326 e. The van der Waals surface area contributed by atoms with Gasteiger partial charge in [0, 0.05) is 23.4 Å². The Morgan fingerprint density at radius 1 is 0.742 bits per heavy atom. The van der Waals surface area contributed by atoms with Crippen LogP contribution in [0.15, 0.2) is 54.6 Å². The number of hydrogen-bond acceptors (Lipinski definition) is 3. The first-order valence-electron chi connectivity index (χ1n) is 11.3. The highest BCUT2D eigenvalue weighted by molar-refractivity contribution is 6.13. The van der Waals surface area contributed by atoms with Crippen LogP contribution in [-0.4, -0.2) is 17.6 Å². The minimum Gasteiger partial charge on any atom is -0.326 e. The monoisotopic (exact) mass is 422 g/mol. The van der Waals surface area contributed by atoms with Crippen LogP contribution in [0, 0.1) is 5.92 Å². The van der Waals surface area contributed by atoms with Crippen molar-refractivity contribution < 1.29 is 14.4 Å². The van der Waals surface area contributed by atoms with E-state index in [-0.39, 0.29) is 17.6 Å². The van der Waals surface area contributed by atoms with Gasteiger partial charge in [0.2, 0.25) is 11.8 Å². The lowest BCUT2D eigenvalue weighted by atomic mass is 9.98. The number of anilines is 2. The second-order valence-corrected chi connectivity index (χ2v) is 7.94. The van der Waals surface area contributed by atoms with Crippen LogP contribution in [0.25, 0.3) is 0 Å². The zero-order chi connectivity index (χ0) is 22.5. The third-order valence-corrected chi connectivity index (χ3v) is 5.29. The number of para-hydroxylation sites is 1. The molecular formula is C26H34N2O3. The molecule has 5 nitrogen and oxygen atoms in total. The molecule has 2 amide bonds. The number of nitrogens with one attached hydrogen (secondary N) is 2. The Morgan fingerprint density at radius 2 is 1.32 bits per heavy atom. The second kappa shape index (κ2) is 13.4. The van der Waals surface area contributed by atoms with Crippen LogP contribution >= 0.6 is 0 Å². The van der Waals surface area contributed by atoms with Crippen LogP contribution in [0.2, 0.25) is 0 Å². The van der Waals surface area contributed by atoms with E-state index < -0.39 is 5.92 Å². The number of rotatable bonds is 13. The molecule has 166 valence electrons. The maximum absolute atomic E-state index is 12.6. The van der Waals surface area contributed by atoms with E-state index in [4.69, 9.17) is 0 Å². The first-order valence-corrected chi connectivity index (χ1v) is 11.3. The number of benzene rings is 2. The molecule has 0 bridgehead atoms. The lowest BCUT2D eigenvalue weighted by Gasteiger charge is -2.12. The van der Waals surface area contributed by atoms with Gasteiger partial charge in [0.1, 0.15) is 0 Å².